The van der Waals surface area contributed by atoms with E-state index < -0.39 is 29.5 Å². The van der Waals surface area contributed by atoms with Crippen LogP contribution in [0.25, 0.3) is 0 Å². The number of hydrogen-bond acceptors (Lipinski definition) is 5. The molecule has 0 spiro atoms. The number of carbonyl (C=O) groups excluding carboxylic acids is 4. The third kappa shape index (κ3) is 3.04. The average Bonchev–Trinajstić information content (AvgIpc) is 2.51. The molecule has 0 N–H and O–H groups in total. The first-order chi connectivity index (χ1) is 11.3. The van der Waals surface area contributed by atoms with Crippen LogP contribution in [0.3, 0.4) is 0 Å². The molecule has 124 valence electrons. The zero-order valence-electron chi connectivity index (χ0n) is 13.6. The van der Waals surface area contributed by atoms with Crippen LogP contribution in [0, 0.1) is 23.2 Å². The maximum absolute atomic E-state index is 12.7. The SMILES string of the molecule is CC(=O)C1C(=O)N(CC(C)C)C(=O)N(c2cccc(C#N)c2)C1=O. The minimum atomic E-state index is -1.54. The van der Waals surface area contributed by atoms with Gasteiger partial charge >= 0.3 is 6.03 Å². The van der Waals surface area contributed by atoms with Gasteiger partial charge < -0.3 is 0 Å². The average molecular weight is 327 g/mol. The molecular formula is C17H17N3O4. The van der Waals surface area contributed by atoms with Gasteiger partial charge in [-0.05, 0) is 31.0 Å². The number of benzene rings is 1. The Hall–Kier alpha value is -3.01. The molecule has 1 saturated heterocycles. The van der Waals surface area contributed by atoms with E-state index in [-0.39, 0.29) is 23.7 Å². The lowest BCUT2D eigenvalue weighted by atomic mass is 9.98. The molecule has 0 aliphatic carbocycles. The lowest BCUT2D eigenvalue weighted by molar-refractivity contribution is -0.145. The Morgan fingerprint density at radius 3 is 2.46 bits per heavy atom. The van der Waals surface area contributed by atoms with Crippen LogP contribution in [0.5, 0.6) is 0 Å². The summed E-state index contributed by atoms with van der Waals surface area (Å²) in [4.78, 5) is 51.2. The Morgan fingerprint density at radius 2 is 1.92 bits per heavy atom. The minimum Gasteiger partial charge on any atom is -0.299 e. The van der Waals surface area contributed by atoms with Gasteiger partial charge in [0.15, 0.2) is 11.7 Å². The molecule has 0 saturated carbocycles. The van der Waals surface area contributed by atoms with Crippen molar-refractivity contribution in [2.75, 3.05) is 11.4 Å². The van der Waals surface area contributed by atoms with Gasteiger partial charge in [-0.1, -0.05) is 19.9 Å². The second kappa shape index (κ2) is 6.62. The highest BCUT2D eigenvalue weighted by atomic mass is 16.2. The Balaban J connectivity index is 2.53. The number of anilines is 1. The molecule has 1 atom stereocenters. The smallest absolute Gasteiger partial charge is 0.299 e. The molecule has 0 aromatic heterocycles. The van der Waals surface area contributed by atoms with Crippen molar-refractivity contribution in [3.8, 4) is 6.07 Å². The van der Waals surface area contributed by atoms with Crippen LogP contribution in [0.15, 0.2) is 24.3 Å². The van der Waals surface area contributed by atoms with Gasteiger partial charge in [-0.15, -0.1) is 0 Å². The van der Waals surface area contributed by atoms with E-state index in [0.717, 1.165) is 16.7 Å². The molecule has 1 unspecified atom stereocenters. The number of amides is 4. The summed E-state index contributed by atoms with van der Waals surface area (Å²) in [5.74, 6) is -3.85. The monoisotopic (exact) mass is 327 g/mol. The number of nitriles is 1. The predicted octanol–water partition coefficient (Wildman–Crippen LogP) is 1.71. The van der Waals surface area contributed by atoms with Crippen LogP contribution in [0.2, 0.25) is 0 Å². The molecule has 1 aliphatic rings. The molecule has 1 aromatic carbocycles. The van der Waals surface area contributed by atoms with Crippen LogP contribution in [0.1, 0.15) is 26.3 Å². The van der Waals surface area contributed by atoms with Crippen LogP contribution in [-0.4, -0.2) is 35.1 Å². The van der Waals surface area contributed by atoms with E-state index in [4.69, 9.17) is 5.26 Å². The number of imide groups is 2. The lowest BCUT2D eigenvalue weighted by Crippen LogP contribution is -2.62. The zero-order chi connectivity index (χ0) is 18.0. The van der Waals surface area contributed by atoms with Gasteiger partial charge in [-0.3, -0.25) is 19.3 Å². The maximum atomic E-state index is 12.7. The molecule has 1 fully saturated rings. The highest BCUT2D eigenvalue weighted by Gasteiger charge is 2.48. The molecule has 7 heteroatoms. The van der Waals surface area contributed by atoms with Gasteiger partial charge in [0.1, 0.15) is 0 Å². The van der Waals surface area contributed by atoms with Crippen LogP contribution >= 0.6 is 0 Å². The van der Waals surface area contributed by atoms with Gasteiger partial charge in [0.25, 0.3) is 11.8 Å². The highest BCUT2D eigenvalue weighted by Crippen LogP contribution is 2.26. The number of nitrogens with zero attached hydrogens (tertiary/aromatic N) is 3. The summed E-state index contributed by atoms with van der Waals surface area (Å²) in [6, 6.07) is 7.04. The number of Topliss-reactive ketones (excluding diaryl/α,β-unsaturated/α-hetero) is 1. The number of hydrogen-bond donors (Lipinski definition) is 0. The van der Waals surface area contributed by atoms with E-state index in [1.807, 2.05) is 19.9 Å². The third-order valence-corrected chi connectivity index (χ3v) is 3.59. The van der Waals surface area contributed by atoms with Crippen LogP contribution in [0.4, 0.5) is 10.5 Å². The predicted molar refractivity (Wildman–Crippen MR) is 84.8 cm³/mol. The van der Waals surface area contributed by atoms with Crippen molar-refractivity contribution in [1.29, 1.82) is 5.26 Å². The molecule has 4 amide bonds. The van der Waals surface area contributed by atoms with Gasteiger partial charge in [0.2, 0.25) is 0 Å². The zero-order valence-corrected chi connectivity index (χ0v) is 13.6. The maximum Gasteiger partial charge on any atom is 0.338 e. The summed E-state index contributed by atoms with van der Waals surface area (Å²) < 4.78 is 0. The van der Waals surface area contributed by atoms with Gasteiger partial charge in [0, 0.05) is 6.54 Å². The second-order valence-corrected chi connectivity index (χ2v) is 6.00. The van der Waals surface area contributed by atoms with Crippen LogP contribution in [-0.2, 0) is 14.4 Å². The van der Waals surface area contributed by atoms with Gasteiger partial charge in [-0.2, -0.15) is 5.26 Å². The molecule has 24 heavy (non-hydrogen) atoms. The summed E-state index contributed by atoms with van der Waals surface area (Å²) in [7, 11) is 0. The molecule has 1 aromatic rings. The Kier molecular flexibility index (Phi) is 4.79. The van der Waals surface area contributed by atoms with Crippen molar-refractivity contribution in [1.82, 2.24) is 4.90 Å². The first-order valence-electron chi connectivity index (χ1n) is 7.47. The van der Waals surface area contributed by atoms with Crippen molar-refractivity contribution in [2.24, 2.45) is 11.8 Å². The fraction of sp³-hybridized carbons (Fsp3) is 0.353. The molecule has 0 bridgehead atoms. The molecule has 1 heterocycles. The van der Waals surface area contributed by atoms with E-state index in [1.54, 1.807) is 0 Å². The molecular weight excluding hydrogens is 310 g/mol. The van der Waals surface area contributed by atoms with Crippen molar-refractivity contribution in [3.63, 3.8) is 0 Å². The number of ketones is 1. The number of carbonyl (C=O) groups is 4. The Morgan fingerprint density at radius 1 is 1.25 bits per heavy atom. The quantitative estimate of drug-likeness (QED) is 0.784. The first kappa shape index (κ1) is 17.3. The lowest BCUT2D eigenvalue weighted by Gasteiger charge is -2.36. The standard InChI is InChI=1S/C17H17N3O4/c1-10(2)9-19-15(22)14(11(3)21)16(23)20(17(19)24)13-6-4-5-12(7-13)8-18/h4-7,10,14H,9H2,1-3H3. The van der Waals surface area contributed by atoms with E-state index >= 15 is 0 Å². The third-order valence-electron chi connectivity index (χ3n) is 3.59. The van der Waals surface area contributed by atoms with Crippen molar-refractivity contribution >= 4 is 29.3 Å². The summed E-state index contributed by atoms with van der Waals surface area (Å²) in [5, 5.41) is 8.99. The number of urea groups is 1. The Labute approximate surface area is 139 Å². The van der Waals surface area contributed by atoms with Crippen molar-refractivity contribution in [3.05, 3.63) is 29.8 Å². The summed E-state index contributed by atoms with van der Waals surface area (Å²) in [6.07, 6.45) is 0. The molecule has 7 nitrogen and oxygen atoms in total. The molecule has 1 aliphatic heterocycles. The largest absolute Gasteiger partial charge is 0.338 e. The highest BCUT2D eigenvalue weighted by molar-refractivity contribution is 6.34. The van der Waals surface area contributed by atoms with E-state index in [1.165, 1.54) is 24.3 Å². The van der Waals surface area contributed by atoms with Crippen molar-refractivity contribution < 1.29 is 19.2 Å². The van der Waals surface area contributed by atoms with E-state index in [0.29, 0.717) is 0 Å². The normalized spacial score (nSPS) is 18.1. The summed E-state index contributed by atoms with van der Waals surface area (Å²) >= 11 is 0. The Bertz CT molecular complexity index is 763. The molecule has 0 radical (unpaired) electrons. The topological polar surface area (TPSA) is 98.6 Å². The summed E-state index contributed by atoms with van der Waals surface area (Å²) in [5.41, 5.74) is 0.427. The van der Waals surface area contributed by atoms with E-state index in [9.17, 15) is 19.2 Å². The minimum absolute atomic E-state index is 0.0222. The fourth-order valence-corrected chi connectivity index (χ4v) is 2.53. The van der Waals surface area contributed by atoms with Crippen LogP contribution < -0.4 is 4.90 Å². The summed E-state index contributed by atoms with van der Waals surface area (Å²) in [6.45, 7) is 4.89. The van der Waals surface area contributed by atoms with Gasteiger partial charge in [0.05, 0.1) is 17.3 Å². The number of barbiturate groups is 1. The number of rotatable bonds is 4. The second-order valence-electron chi connectivity index (χ2n) is 6.00. The fourth-order valence-electron chi connectivity index (χ4n) is 2.53. The van der Waals surface area contributed by atoms with Crippen molar-refractivity contribution in [2.45, 2.75) is 20.8 Å². The first-order valence-corrected chi connectivity index (χ1v) is 7.47. The van der Waals surface area contributed by atoms with E-state index in [2.05, 4.69) is 0 Å². The molecule has 2 rings (SSSR count). The van der Waals surface area contributed by atoms with Gasteiger partial charge in [-0.25, -0.2) is 9.69 Å².